The Kier molecular flexibility index (Phi) is 2.89. The molecule has 2 heterocycles. The highest BCUT2D eigenvalue weighted by atomic mass is 79.9. The molecule has 0 unspecified atom stereocenters. The maximum Gasteiger partial charge on any atom is 0.0831 e. The summed E-state index contributed by atoms with van der Waals surface area (Å²) >= 11 is 3.42. The monoisotopic (exact) mass is 302 g/mol. The van der Waals surface area contributed by atoms with E-state index in [4.69, 9.17) is 0 Å². The highest BCUT2D eigenvalue weighted by molar-refractivity contribution is 9.10. The summed E-state index contributed by atoms with van der Waals surface area (Å²) in [6.45, 7) is 0.00839. The lowest BCUT2D eigenvalue weighted by molar-refractivity contribution is 0.278. The van der Waals surface area contributed by atoms with Crippen LogP contribution >= 0.6 is 15.9 Å². The van der Waals surface area contributed by atoms with Crippen LogP contribution in [0.3, 0.4) is 0 Å². The van der Waals surface area contributed by atoms with Crippen LogP contribution in [0.25, 0.3) is 22.2 Å². The third-order valence-electron chi connectivity index (χ3n) is 2.89. The first kappa shape index (κ1) is 11.4. The zero-order chi connectivity index (χ0) is 12.5. The average molecular weight is 303 g/mol. The number of aliphatic hydroxyl groups excluding tert-OH is 1. The van der Waals surface area contributed by atoms with Gasteiger partial charge in [-0.3, -0.25) is 4.98 Å². The number of H-pyrrole nitrogens is 1. The topological polar surface area (TPSA) is 48.9 Å². The molecule has 4 heteroatoms. The molecule has 2 N–H and O–H groups in total. The molecule has 0 radical (unpaired) electrons. The molecule has 3 aromatic rings. The predicted octanol–water partition coefficient (Wildman–Crippen LogP) is 3.48. The highest BCUT2D eigenvalue weighted by Crippen LogP contribution is 2.28. The van der Waals surface area contributed by atoms with Gasteiger partial charge in [-0.05, 0) is 24.3 Å². The molecular formula is C14H11BrN2O. The minimum atomic E-state index is 0.00839. The van der Waals surface area contributed by atoms with Crippen LogP contribution in [0.15, 0.2) is 47.1 Å². The smallest absolute Gasteiger partial charge is 0.0831 e. The number of hydrogen-bond acceptors (Lipinski definition) is 2. The van der Waals surface area contributed by atoms with Gasteiger partial charge in [-0.2, -0.15) is 0 Å². The first-order valence-electron chi connectivity index (χ1n) is 5.61. The molecule has 18 heavy (non-hydrogen) atoms. The van der Waals surface area contributed by atoms with Crippen LogP contribution in [0.5, 0.6) is 0 Å². The van der Waals surface area contributed by atoms with Crippen LogP contribution < -0.4 is 0 Å². The Morgan fingerprint density at radius 1 is 1.17 bits per heavy atom. The summed E-state index contributed by atoms with van der Waals surface area (Å²) < 4.78 is 1.04. The molecule has 0 saturated carbocycles. The van der Waals surface area contributed by atoms with Gasteiger partial charge in [-0.15, -0.1) is 0 Å². The minimum absolute atomic E-state index is 0.00839. The quantitative estimate of drug-likeness (QED) is 0.761. The van der Waals surface area contributed by atoms with Gasteiger partial charge in [0.15, 0.2) is 0 Å². The average Bonchev–Trinajstić information content (AvgIpc) is 2.82. The third kappa shape index (κ3) is 1.94. The number of pyridine rings is 1. The normalized spacial score (nSPS) is 11.0. The number of aromatic amines is 1. The lowest BCUT2D eigenvalue weighted by Gasteiger charge is -2.02. The largest absolute Gasteiger partial charge is 0.390 e. The van der Waals surface area contributed by atoms with E-state index in [1.807, 2.05) is 36.4 Å². The van der Waals surface area contributed by atoms with E-state index in [0.29, 0.717) is 0 Å². The molecule has 0 saturated heterocycles. The molecule has 0 atom stereocenters. The van der Waals surface area contributed by atoms with Gasteiger partial charge >= 0.3 is 0 Å². The van der Waals surface area contributed by atoms with Gasteiger partial charge in [-0.1, -0.05) is 28.1 Å². The van der Waals surface area contributed by atoms with Crippen molar-refractivity contribution in [2.45, 2.75) is 6.61 Å². The fourth-order valence-corrected chi connectivity index (χ4v) is 2.30. The summed E-state index contributed by atoms with van der Waals surface area (Å²) in [5.41, 5.74) is 3.78. The zero-order valence-corrected chi connectivity index (χ0v) is 11.1. The fraction of sp³-hybridized carbons (Fsp3) is 0.0714. The van der Waals surface area contributed by atoms with Crippen LogP contribution in [-0.4, -0.2) is 15.1 Å². The van der Waals surface area contributed by atoms with Crippen molar-refractivity contribution >= 4 is 26.8 Å². The van der Waals surface area contributed by atoms with E-state index in [9.17, 15) is 5.11 Å². The van der Waals surface area contributed by atoms with Gasteiger partial charge in [0, 0.05) is 32.8 Å². The van der Waals surface area contributed by atoms with E-state index in [-0.39, 0.29) is 6.61 Å². The van der Waals surface area contributed by atoms with Gasteiger partial charge in [-0.25, -0.2) is 0 Å². The summed E-state index contributed by atoms with van der Waals surface area (Å²) in [6, 6.07) is 11.9. The first-order chi connectivity index (χ1) is 8.78. The second-order valence-corrected chi connectivity index (χ2v) is 5.00. The lowest BCUT2D eigenvalue weighted by Crippen LogP contribution is -1.83. The molecule has 1 aromatic carbocycles. The maximum atomic E-state index is 9.18. The summed E-state index contributed by atoms with van der Waals surface area (Å²) in [7, 11) is 0. The Bertz CT molecular complexity index is 689. The van der Waals surface area contributed by atoms with Crippen LogP contribution in [0.2, 0.25) is 0 Å². The molecule has 3 rings (SSSR count). The van der Waals surface area contributed by atoms with Crippen molar-refractivity contribution in [3.63, 3.8) is 0 Å². The number of aliphatic hydroxyl groups is 1. The van der Waals surface area contributed by atoms with Crippen LogP contribution in [-0.2, 0) is 6.61 Å². The second-order valence-electron chi connectivity index (χ2n) is 4.08. The van der Waals surface area contributed by atoms with Crippen LogP contribution in [0.4, 0.5) is 0 Å². The SMILES string of the molecule is OCc1cc2c(-c3ccc(Br)cc3)nccc2[nH]1. The van der Waals surface area contributed by atoms with Crippen molar-refractivity contribution in [1.29, 1.82) is 0 Å². The van der Waals surface area contributed by atoms with Gasteiger partial charge < -0.3 is 10.1 Å². The Balaban J connectivity index is 2.22. The van der Waals surface area contributed by atoms with Crippen molar-refractivity contribution in [1.82, 2.24) is 9.97 Å². The lowest BCUT2D eigenvalue weighted by atomic mass is 10.1. The third-order valence-corrected chi connectivity index (χ3v) is 3.42. The summed E-state index contributed by atoms with van der Waals surface area (Å²) in [5.74, 6) is 0. The van der Waals surface area contributed by atoms with E-state index in [1.54, 1.807) is 6.20 Å². The number of nitrogens with zero attached hydrogens (tertiary/aromatic N) is 1. The van der Waals surface area contributed by atoms with Gasteiger partial charge in [0.25, 0.3) is 0 Å². The molecule has 0 fully saturated rings. The van der Waals surface area contributed by atoms with Crippen LogP contribution in [0.1, 0.15) is 5.69 Å². The number of hydrogen-bond donors (Lipinski definition) is 2. The van der Waals surface area contributed by atoms with Gasteiger partial charge in [0.05, 0.1) is 12.3 Å². The van der Waals surface area contributed by atoms with Crippen molar-refractivity contribution in [3.05, 3.63) is 52.8 Å². The van der Waals surface area contributed by atoms with Crippen molar-refractivity contribution in [2.75, 3.05) is 0 Å². The predicted molar refractivity (Wildman–Crippen MR) is 75.2 cm³/mol. The molecule has 0 bridgehead atoms. The van der Waals surface area contributed by atoms with Crippen LogP contribution in [0, 0.1) is 0 Å². The molecule has 0 aliphatic rings. The molecule has 3 nitrogen and oxygen atoms in total. The standard InChI is InChI=1S/C14H11BrN2O/c15-10-3-1-9(2-4-10)14-12-7-11(8-18)17-13(12)5-6-16-14/h1-7,17-18H,8H2. The van der Waals surface area contributed by atoms with E-state index in [0.717, 1.165) is 32.3 Å². The van der Waals surface area contributed by atoms with E-state index >= 15 is 0 Å². The van der Waals surface area contributed by atoms with Gasteiger partial charge in [0.2, 0.25) is 0 Å². The number of halogens is 1. The molecule has 0 aliphatic heterocycles. The second kappa shape index (κ2) is 4.55. The Hall–Kier alpha value is -1.65. The minimum Gasteiger partial charge on any atom is -0.390 e. The number of rotatable bonds is 2. The Morgan fingerprint density at radius 3 is 2.67 bits per heavy atom. The number of benzene rings is 1. The number of fused-ring (bicyclic) bond motifs is 1. The highest BCUT2D eigenvalue weighted by Gasteiger charge is 2.08. The first-order valence-corrected chi connectivity index (χ1v) is 6.40. The maximum absolute atomic E-state index is 9.18. The van der Waals surface area contributed by atoms with Crippen molar-refractivity contribution in [2.24, 2.45) is 0 Å². The molecule has 0 spiro atoms. The number of nitrogens with one attached hydrogen (secondary N) is 1. The van der Waals surface area contributed by atoms with Crippen molar-refractivity contribution < 1.29 is 5.11 Å². The molecule has 90 valence electrons. The van der Waals surface area contributed by atoms with E-state index in [1.165, 1.54) is 0 Å². The molecule has 2 aromatic heterocycles. The van der Waals surface area contributed by atoms with Gasteiger partial charge in [0.1, 0.15) is 0 Å². The molecule has 0 amide bonds. The fourth-order valence-electron chi connectivity index (χ4n) is 2.03. The summed E-state index contributed by atoms with van der Waals surface area (Å²) in [6.07, 6.45) is 1.78. The Morgan fingerprint density at radius 2 is 1.94 bits per heavy atom. The summed E-state index contributed by atoms with van der Waals surface area (Å²) in [5, 5.41) is 10.2. The van der Waals surface area contributed by atoms with E-state index < -0.39 is 0 Å². The number of aromatic nitrogens is 2. The molecular weight excluding hydrogens is 292 g/mol. The van der Waals surface area contributed by atoms with E-state index in [2.05, 4.69) is 25.9 Å². The zero-order valence-electron chi connectivity index (χ0n) is 9.52. The summed E-state index contributed by atoms with van der Waals surface area (Å²) in [4.78, 5) is 7.61. The van der Waals surface area contributed by atoms with Crippen molar-refractivity contribution in [3.8, 4) is 11.3 Å². The Labute approximate surface area is 113 Å². The molecule has 0 aliphatic carbocycles.